The molecular formula is C31H29FIrNO3-. The van der Waals surface area contributed by atoms with E-state index >= 15 is 0 Å². The largest absolute Gasteiger partial charge is 0.512 e. The Morgan fingerprint density at radius 2 is 1.70 bits per heavy atom. The normalized spacial score (nSPS) is 11.8. The number of allylic oxidation sites excluding steroid dienone is 2. The number of nitrogens with zero attached hydrogens (tertiary/aromatic N) is 1. The van der Waals surface area contributed by atoms with Gasteiger partial charge in [0.25, 0.3) is 0 Å². The van der Waals surface area contributed by atoms with Gasteiger partial charge in [0.2, 0.25) is 0 Å². The van der Waals surface area contributed by atoms with Crippen molar-refractivity contribution in [1.82, 2.24) is 4.98 Å². The summed E-state index contributed by atoms with van der Waals surface area (Å²) in [4.78, 5) is 14.7. The Labute approximate surface area is 229 Å². The topological polar surface area (TPSA) is 63.3 Å². The van der Waals surface area contributed by atoms with E-state index < -0.39 is 0 Å². The minimum atomic E-state index is -0.209. The molecule has 193 valence electrons. The molecule has 3 aromatic carbocycles. The van der Waals surface area contributed by atoms with Crippen LogP contribution in [0.5, 0.6) is 0 Å². The van der Waals surface area contributed by atoms with Crippen molar-refractivity contribution in [2.75, 3.05) is 0 Å². The van der Waals surface area contributed by atoms with Crippen molar-refractivity contribution in [3.05, 3.63) is 89.8 Å². The van der Waals surface area contributed by atoms with Crippen molar-refractivity contribution in [3.63, 3.8) is 0 Å². The van der Waals surface area contributed by atoms with Crippen LogP contribution in [-0.4, -0.2) is 15.9 Å². The zero-order chi connectivity index (χ0) is 26.2. The molecule has 1 N–H and O–H groups in total. The van der Waals surface area contributed by atoms with E-state index in [4.69, 9.17) is 9.52 Å². The van der Waals surface area contributed by atoms with E-state index in [2.05, 4.69) is 37.9 Å². The monoisotopic (exact) mass is 675 g/mol. The summed E-state index contributed by atoms with van der Waals surface area (Å²) in [7, 11) is 0. The van der Waals surface area contributed by atoms with Gasteiger partial charge >= 0.3 is 0 Å². The van der Waals surface area contributed by atoms with Crippen molar-refractivity contribution in [1.29, 1.82) is 0 Å². The zero-order valence-corrected chi connectivity index (χ0v) is 24.1. The predicted octanol–water partition coefficient (Wildman–Crippen LogP) is 8.38. The van der Waals surface area contributed by atoms with Gasteiger partial charge in [-0.25, -0.2) is 4.39 Å². The molecule has 0 bridgehead atoms. The maximum Gasteiger partial charge on any atom is 0.155 e. The first-order chi connectivity index (χ1) is 17.0. The van der Waals surface area contributed by atoms with Crippen LogP contribution in [0.4, 0.5) is 4.39 Å². The van der Waals surface area contributed by atoms with Gasteiger partial charge in [-0.3, -0.25) is 9.78 Å². The Morgan fingerprint density at radius 1 is 1.03 bits per heavy atom. The van der Waals surface area contributed by atoms with E-state index in [-0.39, 0.29) is 42.9 Å². The number of aromatic nitrogens is 1. The number of ketones is 1. The van der Waals surface area contributed by atoms with Crippen molar-refractivity contribution < 1.29 is 38.8 Å². The van der Waals surface area contributed by atoms with Gasteiger partial charge in [-0.2, -0.15) is 0 Å². The summed E-state index contributed by atoms with van der Waals surface area (Å²) in [5.74, 6) is 0.596. The summed E-state index contributed by atoms with van der Waals surface area (Å²) >= 11 is 0. The number of pyridine rings is 1. The number of halogens is 1. The number of aliphatic hydroxyl groups excluding tert-OH is 1. The van der Waals surface area contributed by atoms with Crippen molar-refractivity contribution in [3.8, 4) is 11.3 Å². The number of furan rings is 1. The Hall–Kier alpha value is -3.34. The molecule has 0 fully saturated rings. The maximum atomic E-state index is 14.3. The van der Waals surface area contributed by atoms with Crippen LogP contribution in [0.25, 0.3) is 43.8 Å². The smallest absolute Gasteiger partial charge is 0.155 e. The van der Waals surface area contributed by atoms with Crippen LogP contribution in [0.15, 0.2) is 71.0 Å². The Kier molecular flexibility index (Phi) is 8.36. The minimum absolute atomic E-state index is 0. The van der Waals surface area contributed by atoms with Crippen LogP contribution in [0.1, 0.15) is 45.9 Å². The fraction of sp³-hybridized carbons (Fsp3) is 0.226. The number of aliphatic hydroxyl groups is 1. The van der Waals surface area contributed by atoms with Crippen molar-refractivity contribution in [2.24, 2.45) is 0 Å². The molecule has 0 saturated carbocycles. The van der Waals surface area contributed by atoms with E-state index in [0.29, 0.717) is 5.39 Å². The number of hydrogen-bond donors (Lipinski definition) is 1. The second kappa shape index (κ2) is 11.0. The number of aryl methyl sites for hydroxylation is 1. The van der Waals surface area contributed by atoms with Gasteiger partial charge in [-0.05, 0) is 54.5 Å². The molecule has 5 rings (SSSR count). The number of hydrogen-bond acceptors (Lipinski definition) is 4. The molecule has 0 spiro atoms. The molecule has 37 heavy (non-hydrogen) atoms. The second-order valence-corrected chi connectivity index (χ2v) is 10.00. The van der Waals surface area contributed by atoms with Gasteiger partial charge < -0.3 is 9.52 Å². The number of carbonyl (C=O) groups is 1. The van der Waals surface area contributed by atoms with Gasteiger partial charge in [0, 0.05) is 43.5 Å². The molecule has 0 unspecified atom stereocenters. The molecule has 0 aliphatic carbocycles. The van der Waals surface area contributed by atoms with Gasteiger partial charge in [0.05, 0.1) is 17.1 Å². The molecule has 0 atom stereocenters. The standard InChI is InChI=1S/C26H21FNO.C5H8O2.Ir/c1-15-12-17-13-16(14-22(25(17)29-15)26(2,3)4)24-21-9-8-20-18(6-5-7-23(20)27)19(21)10-11-28-24;1-4(6)3-5(2)7;/h5-12,14H,1-4H3;3,6H,1-2H3;/q-1;;/b;4-3-;. The van der Waals surface area contributed by atoms with Gasteiger partial charge in [0.15, 0.2) is 5.78 Å². The average molecular weight is 675 g/mol. The predicted molar refractivity (Wildman–Crippen MR) is 144 cm³/mol. The molecule has 2 aromatic heterocycles. The molecule has 0 aliphatic heterocycles. The van der Waals surface area contributed by atoms with Crippen LogP contribution >= 0.6 is 0 Å². The maximum absolute atomic E-state index is 14.3. The summed E-state index contributed by atoms with van der Waals surface area (Å²) in [5.41, 5.74) is 3.68. The summed E-state index contributed by atoms with van der Waals surface area (Å²) in [6, 6.07) is 18.6. The first-order valence-corrected chi connectivity index (χ1v) is 11.8. The third-order valence-electron chi connectivity index (χ3n) is 5.88. The van der Waals surface area contributed by atoms with E-state index in [9.17, 15) is 9.18 Å². The molecule has 6 heteroatoms. The molecule has 0 aliphatic rings. The molecule has 0 saturated heterocycles. The second-order valence-electron chi connectivity index (χ2n) is 10.00. The van der Waals surface area contributed by atoms with Crippen molar-refractivity contribution >= 4 is 38.3 Å². The number of carbonyl (C=O) groups excluding carboxylic acids is 1. The van der Waals surface area contributed by atoms with Gasteiger partial charge in [0.1, 0.15) is 5.82 Å². The minimum Gasteiger partial charge on any atom is -0.512 e. The third-order valence-corrected chi connectivity index (χ3v) is 5.88. The van der Waals surface area contributed by atoms with Gasteiger partial charge in [-0.1, -0.05) is 67.6 Å². The van der Waals surface area contributed by atoms with E-state index in [1.807, 2.05) is 37.3 Å². The zero-order valence-electron chi connectivity index (χ0n) is 21.7. The molecule has 4 nitrogen and oxygen atoms in total. The first-order valence-electron chi connectivity index (χ1n) is 11.8. The van der Waals surface area contributed by atoms with Crippen LogP contribution in [-0.2, 0) is 30.3 Å². The summed E-state index contributed by atoms with van der Waals surface area (Å²) in [5, 5.41) is 12.8. The molecular weight excluding hydrogens is 646 g/mol. The SMILES string of the molecule is CC(=O)/C=C(/C)O.Cc1cc2[c-]c(-c3nccc4c3ccc3c(F)cccc34)cc(C(C)(C)C)c2o1.[Ir]. The number of fused-ring (bicyclic) bond motifs is 4. The first kappa shape index (κ1) is 28.2. The molecule has 5 aromatic rings. The number of rotatable bonds is 2. The van der Waals surface area contributed by atoms with E-state index in [0.717, 1.165) is 49.7 Å². The fourth-order valence-electron chi connectivity index (χ4n) is 4.38. The Balaban J connectivity index is 0.000000422. The van der Waals surface area contributed by atoms with Gasteiger partial charge in [-0.15, -0.1) is 12.1 Å². The molecule has 2 heterocycles. The fourth-order valence-corrected chi connectivity index (χ4v) is 4.38. The summed E-state index contributed by atoms with van der Waals surface area (Å²) in [6.45, 7) is 11.3. The summed E-state index contributed by atoms with van der Waals surface area (Å²) < 4.78 is 20.2. The van der Waals surface area contributed by atoms with E-state index in [1.54, 1.807) is 12.3 Å². The Bertz CT molecular complexity index is 1640. The van der Waals surface area contributed by atoms with Crippen LogP contribution in [0.3, 0.4) is 0 Å². The van der Waals surface area contributed by atoms with Crippen LogP contribution in [0, 0.1) is 18.8 Å². The van der Waals surface area contributed by atoms with Crippen LogP contribution < -0.4 is 0 Å². The van der Waals surface area contributed by atoms with Crippen LogP contribution in [0.2, 0.25) is 0 Å². The number of benzene rings is 3. The molecule has 1 radical (unpaired) electrons. The van der Waals surface area contributed by atoms with Crippen molar-refractivity contribution in [2.45, 2.75) is 47.0 Å². The van der Waals surface area contributed by atoms with E-state index in [1.165, 1.54) is 26.0 Å². The average Bonchev–Trinajstić information content (AvgIpc) is 3.16. The quantitative estimate of drug-likeness (QED) is 0.0885. The Morgan fingerprint density at radius 3 is 2.32 bits per heavy atom. The summed E-state index contributed by atoms with van der Waals surface area (Å²) in [6.07, 6.45) is 2.96. The third kappa shape index (κ3) is 5.98. The molecule has 0 amide bonds.